The fraction of sp³-hybridized carbons (Fsp3) is 0.667. The van der Waals surface area contributed by atoms with Crippen LogP contribution in [-0.4, -0.2) is 23.2 Å². The lowest BCUT2D eigenvalue weighted by Gasteiger charge is -2.21. The Morgan fingerprint density at radius 1 is 1.56 bits per heavy atom. The van der Waals surface area contributed by atoms with Gasteiger partial charge in [-0.3, -0.25) is 4.79 Å². The zero-order valence-electron chi connectivity index (χ0n) is 11.0. The number of nitrogens with zero attached hydrogens (tertiary/aromatic N) is 1. The molecule has 0 radical (unpaired) electrons. The van der Waals surface area contributed by atoms with Gasteiger partial charge in [-0.25, -0.2) is 4.98 Å². The second-order valence-electron chi connectivity index (χ2n) is 4.58. The molecule has 0 aromatic carbocycles. The molecule has 1 aliphatic heterocycles. The minimum Gasteiger partial charge on any atom is -0.362 e. The molecule has 0 bridgehead atoms. The highest BCUT2D eigenvalue weighted by molar-refractivity contribution is 8.01. The van der Waals surface area contributed by atoms with Crippen LogP contribution in [-0.2, 0) is 9.67 Å². The Kier molecular flexibility index (Phi) is 4.17. The van der Waals surface area contributed by atoms with Crippen molar-refractivity contribution in [3.63, 3.8) is 0 Å². The molecule has 0 spiro atoms. The largest absolute Gasteiger partial charge is 0.362 e. The van der Waals surface area contributed by atoms with Crippen molar-refractivity contribution in [3.05, 3.63) is 10.6 Å². The van der Waals surface area contributed by atoms with E-state index in [2.05, 4.69) is 29.5 Å². The Hall–Kier alpha value is -0.750. The average Bonchev–Trinajstić information content (AvgIpc) is 2.84. The molecule has 1 unspecified atom stereocenters. The molecule has 2 N–H and O–H groups in total. The van der Waals surface area contributed by atoms with Crippen LogP contribution in [0.5, 0.6) is 0 Å². The first-order valence-corrected chi connectivity index (χ1v) is 8.02. The molecule has 100 valence electrons. The average molecular weight is 285 g/mol. The van der Waals surface area contributed by atoms with E-state index in [-0.39, 0.29) is 10.8 Å². The summed E-state index contributed by atoms with van der Waals surface area (Å²) < 4.78 is 0. The lowest BCUT2D eigenvalue weighted by molar-refractivity contribution is -0.118. The molecule has 1 aliphatic rings. The highest BCUT2D eigenvalue weighted by Gasteiger charge is 2.38. The summed E-state index contributed by atoms with van der Waals surface area (Å²) in [6.45, 7) is 7.19. The summed E-state index contributed by atoms with van der Waals surface area (Å²) in [6, 6.07) is 0. The summed E-state index contributed by atoms with van der Waals surface area (Å²) in [5, 5.41) is 7.34. The Bertz CT molecular complexity index is 447. The second kappa shape index (κ2) is 5.48. The van der Waals surface area contributed by atoms with Crippen LogP contribution in [0.1, 0.15) is 37.3 Å². The molecule has 1 fully saturated rings. The number of carbonyl (C=O) groups excluding carboxylic acids is 1. The molecule has 0 saturated carbocycles. The zero-order chi connectivity index (χ0) is 13.2. The first-order valence-electron chi connectivity index (χ1n) is 6.22. The van der Waals surface area contributed by atoms with E-state index in [1.807, 2.05) is 6.92 Å². The number of rotatable bonds is 5. The Labute approximate surface area is 116 Å². The lowest BCUT2D eigenvalue weighted by atomic mass is 10.2. The van der Waals surface area contributed by atoms with Gasteiger partial charge in [-0.15, -0.1) is 11.8 Å². The van der Waals surface area contributed by atoms with E-state index >= 15 is 0 Å². The third-order valence-corrected chi connectivity index (χ3v) is 5.66. The van der Waals surface area contributed by atoms with E-state index < -0.39 is 0 Å². The van der Waals surface area contributed by atoms with Gasteiger partial charge in [-0.2, -0.15) is 0 Å². The van der Waals surface area contributed by atoms with Gasteiger partial charge in [0.2, 0.25) is 5.91 Å². The standard InChI is InChI=1S/C12H19N3OS2/c1-4-5-6-13-11-14-8(2)10(18-11)12(3)15-9(16)7-17-12/h4-7H2,1-3H3,(H,13,14)(H,15,16). The van der Waals surface area contributed by atoms with Crippen molar-refractivity contribution in [3.8, 4) is 0 Å². The van der Waals surface area contributed by atoms with Crippen molar-refractivity contribution in [2.45, 2.75) is 38.5 Å². The highest BCUT2D eigenvalue weighted by Crippen LogP contribution is 2.42. The van der Waals surface area contributed by atoms with Crippen LogP contribution >= 0.6 is 23.1 Å². The molecule has 0 aliphatic carbocycles. The number of anilines is 1. The minimum absolute atomic E-state index is 0.107. The summed E-state index contributed by atoms with van der Waals surface area (Å²) in [4.78, 5) is 16.8. The number of aryl methyl sites for hydroxylation is 1. The first-order chi connectivity index (χ1) is 8.55. The van der Waals surface area contributed by atoms with Gasteiger partial charge in [0, 0.05) is 6.54 Å². The number of amides is 1. The van der Waals surface area contributed by atoms with Gasteiger partial charge < -0.3 is 10.6 Å². The summed E-state index contributed by atoms with van der Waals surface area (Å²) in [6.07, 6.45) is 2.32. The Morgan fingerprint density at radius 2 is 2.33 bits per heavy atom. The quantitative estimate of drug-likeness (QED) is 0.817. The van der Waals surface area contributed by atoms with E-state index in [1.54, 1.807) is 23.1 Å². The molecular weight excluding hydrogens is 266 g/mol. The van der Waals surface area contributed by atoms with Gasteiger partial charge in [0.25, 0.3) is 0 Å². The molecule has 6 heteroatoms. The normalized spacial score (nSPS) is 23.2. The number of thiazole rings is 1. The summed E-state index contributed by atoms with van der Waals surface area (Å²) >= 11 is 3.29. The van der Waals surface area contributed by atoms with Crippen molar-refractivity contribution in [1.82, 2.24) is 10.3 Å². The molecule has 1 aromatic heterocycles. The van der Waals surface area contributed by atoms with Crippen LogP contribution in [0, 0.1) is 6.92 Å². The van der Waals surface area contributed by atoms with Crippen molar-refractivity contribution in [2.75, 3.05) is 17.6 Å². The first kappa shape index (κ1) is 13.7. The maximum absolute atomic E-state index is 11.4. The SMILES string of the molecule is CCCCNc1nc(C)c(C2(C)NC(=O)CS2)s1. The monoisotopic (exact) mass is 285 g/mol. The predicted molar refractivity (Wildman–Crippen MR) is 78.2 cm³/mol. The van der Waals surface area contributed by atoms with Crippen LogP contribution in [0.25, 0.3) is 0 Å². The maximum Gasteiger partial charge on any atom is 0.231 e. The molecular formula is C12H19N3OS2. The maximum atomic E-state index is 11.4. The van der Waals surface area contributed by atoms with E-state index in [1.165, 1.54) is 6.42 Å². The van der Waals surface area contributed by atoms with Gasteiger partial charge in [-0.1, -0.05) is 24.7 Å². The predicted octanol–water partition coefficient (Wildman–Crippen LogP) is 2.70. The summed E-state index contributed by atoms with van der Waals surface area (Å²) in [7, 11) is 0. The molecule has 2 heterocycles. The van der Waals surface area contributed by atoms with Gasteiger partial charge in [-0.05, 0) is 20.3 Å². The van der Waals surface area contributed by atoms with Gasteiger partial charge >= 0.3 is 0 Å². The third-order valence-electron chi connectivity index (χ3n) is 2.91. The molecule has 18 heavy (non-hydrogen) atoms. The molecule has 1 atom stereocenters. The number of carbonyl (C=O) groups is 1. The molecule has 1 amide bonds. The molecule has 1 saturated heterocycles. The zero-order valence-corrected chi connectivity index (χ0v) is 12.6. The molecule has 2 rings (SSSR count). The number of nitrogens with one attached hydrogen (secondary N) is 2. The number of thioether (sulfide) groups is 1. The highest BCUT2D eigenvalue weighted by atomic mass is 32.2. The van der Waals surface area contributed by atoms with Crippen molar-refractivity contribution >= 4 is 34.1 Å². The molecule has 1 aromatic rings. The van der Waals surface area contributed by atoms with Crippen LogP contribution in [0.4, 0.5) is 5.13 Å². The van der Waals surface area contributed by atoms with Crippen LogP contribution in [0.15, 0.2) is 0 Å². The topological polar surface area (TPSA) is 54.0 Å². The van der Waals surface area contributed by atoms with E-state index in [9.17, 15) is 4.79 Å². The smallest absolute Gasteiger partial charge is 0.231 e. The van der Waals surface area contributed by atoms with Gasteiger partial charge in [0.1, 0.15) is 4.87 Å². The van der Waals surface area contributed by atoms with E-state index in [0.29, 0.717) is 5.75 Å². The number of aromatic nitrogens is 1. The van der Waals surface area contributed by atoms with Gasteiger partial charge in [0.15, 0.2) is 5.13 Å². The lowest BCUT2D eigenvalue weighted by Crippen LogP contribution is -2.33. The fourth-order valence-electron chi connectivity index (χ4n) is 1.96. The summed E-state index contributed by atoms with van der Waals surface area (Å²) in [5.74, 6) is 0.641. The van der Waals surface area contributed by atoms with E-state index in [0.717, 1.165) is 28.7 Å². The number of hydrogen-bond donors (Lipinski definition) is 2. The van der Waals surface area contributed by atoms with E-state index in [4.69, 9.17) is 0 Å². The number of unbranched alkanes of at least 4 members (excludes halogenated alkanes) is 1. The Balaban J connectivity index is 2.11. The molecule has 4 nitrogen and oxygen atoms in total. The number of hydrogen-bond acceptors (Lipinski definition) is 5. The van der Waals surface area contributed by atoms with Crippen LogP contribution in [0.3, 0.4) is 0 Å². The third kappa shape index (κ3) is 2.80. The van der Waals surface area contributed by atoms with Crippen molar-refractivity contribution < 1.29 is 4.79 Å². The summed E-state index contributed by atoms with van der Waals surface area (Å²) in [5.41, 5.74) is 1.01. The minimum atomic E-state index is -0.302. The fourth-order valence-corrected chi connectivity index (χ4v) is 4.20. The van der Waals surface area contributed by atoms with Crippen LogP contribution < -0.4 is 10.6 Å². The van der Waals surface area contributed by atoms with Crippen molar-refractivity contribution in [1.29, 1.82) is 0 Å². The van der Waals surface area contributed by atoms with Crippen LogP contribution in [0.2, 0.25) is 0 Å². The second-order valence-corrected chi connectivity index (χ2v) is 6.98. The van der Waals surface area contributed by atoms with Gasteiger partial charge in [0.05, 0.1) is 16.3 Å². The van der Waals surface area contributed by atoms with Crippen molar-refractivity contribution in [2.24, 2.45) is 0 Å². The Morgan fingerprint density at radius 3 is 2.94 bits per heavy atom.